The summed E-state index contributed by atoms with van der Waals surface area (Å²) in [4.78, 5) is -0.213. The van der Waals surface area contributed by atoms with Gasteiger partial charge in [0.25, 0.3) is 10.1 Å². The minimum Gasteiger partial charge on any atom is -0.506 e. The standard InChI is InChI=1S/C14H14N2O4S/c1-9-7-13(14(17)8-10(9)2)16-15-11-3-5-12(6-4-11)21(18,19)20/h3-8,17H,1-2H3,(H,18,19,20)/b16-15+. The highest BCUT2D eigenvalue weighted by molar-refractivity contribution is 7.85. The molecule has 0 bridgehead atoms. The molecule has 0 radical (unpaired) electrons. The van der Waals surface area contributed by atoms with Crippen molar-refractivity contribution < 1.29 is 18.1 Å². The minimum atomic E-state index is -4.22. The van der Waals surface area contributed by atoms with Gasteiger partial charge in [-0.1, -0.05) is 0 Å². The van der Waals surface area contributed by atoms with Crippen LogP contribution in [-0.2, 0) is 10.1 Å². The topological polar surface area (TPSA) is 99.3 Å². The summed E-state index contributed by atoms with van der Waals surface area (Å²) in [7, 11) is -4.22. The van der Waals surface area contributed by atoms with E-state index in [-0.39, 0.29) is 10.6 Å². The van der Waals surface area contributed by atoms with Crippen molar-refractivity contribution in [2.45, 2.75) is 18.7 Å². The minimum absolute atomic E-state index is 0.0245. The van der Waals surface area contributed by atoms with Crippen molar-refractivity contribution in [3.8, 4) is 5.75 Å². The van der Waals surface area contributed by atoms with Crippen molar-refractivity contribution in [3.63, 3.8) is 0 Å². The van der Waals surface area contributed by atoms with E-state index in [1.54, 1.807) is 12.1 Å². The molecule has 0 atom stereocenters. The van der Waals surface area contributed by atoms with Crippen LogP contribution in [0.4, 0.5) is 11.4 Å². The van der Waals surface area contributed by atoms with Crippen LogP contribution in [-0.4, -0.2) is 18.1 Å². The van der Waals surface area contributed by atoms with Crippen LogP contribution < -0.4 is 0 Å². The lowest BCUT2D eigenvalue weighted by atomic mass is 10.1. The zero-order valence-corrected chi connectivity index (χ0v) is 12.3. The number of hydrogen-bond donors (Lipinski definition) is 2. The Morgan fingerprint density at radius 2 is 1.52 bits per heavy atom. The summed E-state index contributed by atoms with van der Waals surface area (Å²) in [5.74, 6) is 0.0245. The fourth-order valence-electron chi connectivity index (χ4n) is 1.66. The van der Waals surface area contributed by atoms with Gasteiger partial charge in [-0.3, -0.25) is 4.55 Å². The Hall–Kier alpha value is -2.25. The van der Waals surface area contributed by atoms with Gasteiger partial charge in [-0.05, 0) is 61.4 Å². The molecule has 0 saturated heterocycles. The van der Waals surface area contributed by atoms with Gasteiger partial charge in [0.1, 0.15) is 11.4 Å². The van der Waals surface area contributed by atoms with Crippen LogP contribution in [0.15, 0.2) is 51.5 Å². The van der Waals surface area contributed by atoms with E-state index < -0.39 is 10.1 Å². The fraction of sp³-hybridized carbons (Fsp3) is 0.143. The summed E-state index contributed by atoms with van der Waals surface area (Å²) < 4.78 is 30.7. The molecule has 2 N–H and O–H groups in total. The summed E-state index contributed by atoms with van der Waals surface area (Å²) in [6.07, 6.45) is 0. The van der Waals surface area contributed by atoms with E-state index >= 15 is 0 Å². The van der Waals surface area contributed by atoms with Crippen LogP contribution in [0.3, 0.4) is 0 Å². The maximum Gasteiger partial charge on any atom is 0.294 e. The molecule has 0 saturated carbocycles. The van der Waals surface area contributed by atoms with Crippen molar-refractivity contribution in [1.82, 2.24) is 0 Å². The van der Waals surface area contributed by atoms with Gasteiger partial charge in [0.05, 0.1) is 10.6 Å². The first-order chi connectivity index (χ1) is 9.77. The molecule has 2 aromatic rings. The Morgan fingerprint density at radius 3 is 2.10 bits per heavy atom. The zero-order chi connectivity index (χ0) is 15.6. The van der Waals surface area contributed by atoms with Crippen molar-refractivity contribution >= 4 is 21.5 Å². The lowest BCUT2D eigenvalue weighted by molar-refractivity contribution is 0.475. The molecule has 0 spiro atoms. The molecule has 0 aliphatic carbocycles. The van der Waals surface area contributed by atoms with Crippen LogP contribution in [0.1, 0.15) is 11.1 Å². The maximum absolute atomic E-state index is 10.9. The summed E-state index contributed by atoms with van der Waals surface area (Å²) in [6, 6.07) is 8.58. The number of rotatable bonds is 3. The van der Waals surface area contributed by atoms with E-state index in [2.05, 4.69) is 10.2 Å². The number of phenols is 1. The van der Waals surface area contributed by atoms with Gasteiger partial charge in [0, 0.05) is 0 Å². The lowest BCUT2D eigenvalue weighted by Gasteiger charge is -2.03. The number of benzene rings is 2. The van der Waals surface area contributed by atoms with Gasteiger partial charge in [-0.15, -0.1) is 5.11 Å². The molecule has 0 fully saturated rings. The van der Waals surface area contributed by atoms with Crippen LogP contribution in [0.2, 0.25) is 0 Å². The van der Waals surface area contributed by atoms with E-state index in [1.807, 2.05) is 13.8 Å². The molecular weight excluding hydrogens is 292 g/mol. The molecule has 6 nitrogen and oxygen atoms in total. The molecule has 7 heteroatoms. The van der Waals surface area contributed by atoms with Crippen molar-refractivity contribution in [1.29, 1.82) is 0 Å². The van der Waals surface area contributed by atoms with E-state index in [4.69, 9.17) is 4.55 Å². The molecule has 2 rings (SSSR count). The van der Waals surface area contributed by atoms with E-state index in [1.165, 1.54) is 24.3 Å². The first-order valence-corrected chi connectivity index (χ1v) is 7.51. The normalized spacial score (nSPS) is 12.0. The smallest absolute Gasteiger partial charge is 0.294 e. The Morgan fingerprint density at radius 1 is 0.952 bits per heavy atom. The lowest BCUT2D eigenvalue weighted by Crippen LogP contribution is -1.96. The first-order valence-electron chi connectivity index (χ1n) is 6.07. The third-order valence-corrected chi connectivity index (χ3v) is 3.87. The van der Waals surface area contributed by atoms with Crippen LogP contribution in [0, 0.1) is 13.8 Å². The van der Waals surface area contributed by atoms with Crippen molar-refractivity contribution in [2.24, 2.45) is 10.2 Å². The SMILES string of the molecule is Cc1cc(O)c(/N=N/c2ccc(S(=O)(=O)O)cc2)cc1C. The molecule has 0 aromatic heterocycles. The predicted molar refractivity (Wildman–Crippen MR) is 78.0 cm³/mol. The Balaban J connectivity index is 2.28. The molecular formula is C14H14N2O4S. The number of phenolic OH excluding ortho intramolecular Hbond substituents is 1. The first kappa shape index (κ1) is 15.1. The second kappa shape index (κ2) is 5.63. The average Bonchev–Trinajstić information content (AvgIpc) is 2.41. The van der Waals surface area contributed by atoms with E-state index in [9.17, 15) is 13.5 Å². The molecule has 0 amide bonds. The molecule has 2 aromatic carbocycles. The van der Waals surface area contributed by atoms with Crippen LogP contribution in [0.5, 0.6) is 5.75 Å². The van der Waals surface area contributed by atoms with Crippen LogP contribution in [0.25, 0.3) is 0 Å². The third kappa shape index (κ3) is 3.65. The average molecular weight is 306 g/mol. The maximum atomic E-state index is 10.9. The highest BCUT2D eigenvalue weighted by Gasteiger charge is 2.08. The van der Waals surface area contributed by atoms with Crippen LogP contribution >= 0.6 is 0 Å². The quantitative estimate of drug-likeness (QED) is 0.667. The molecule has 0 heterocycles. The number of aromatic hydroxyl groups is 1. The summed E-state index contributed by atoms with van der Waals surface area (Å²) in [5.41, 5.74) is 2.66. The highest BCUT2D eigenvalue weighted by atomic mass is 32.2. The van der Waals surface area contributed by atoms with Crippen molar-refractivity contribution in [3.05, 3.63) is 47.5 Å². The van der Waals surface area contributed by atoms with Gasteiger partial charge >= 0.3 is 0 Å². The van der Waals surface area contributed by atoms with Gasteiger partial charge in [0.2, 0.25) is 0 Å². The third-order valence-electron chi connectivity index (χ3n) is 3.00. The highest BCUT2D eigenvalue weighted by Crippen LogP contribution is 2.31. The molecule has 110 valence electrons. The van der Waals surface area contributed by atoms with E-state index in [0.29, 0.717) is 11.4 Å². The predicted octanol–water partition coefficient (Wildman–Crippen LogP) is 3.67. The number of azo groups is 1. The Bertz CT molecular complexity index is 796. The molecule has 0 unspecified atom stereocenters. The van der Waals surface area contributed by atoms with E-state index in [0.717, 1.165) is 11.1 Å². The summed E-state index contributed by atoms with van der Waals surface area (Å²) >= 11 is 0. The van der Waals surface area contributed by atoms with Crippen molar-refractivity contribution in [2.75, 3.05) is 0 Å². The second-order valence-corrected chi connectivity index (χ2v) is 6.02. The molecule has 21 heavy (non-hydrogen) atoms. The fourth-order valence-corrected chi connectivity index (χ4v) is 2.14. The Kier molecular flexibility index (Phi) is 4.06. The molecule has 0 aliphatic heterocycles. The monoisotopic (exact) mass is 306 g/mol. The molecule has 0 aliphatic rings. The van der Waals surface area contributed by atoms with Gasteiger partial charge < -0.3 is 5.11 Å². The van der Waals surface area contributed by atoms with Gasteiger partial charge in [-0.25, -0.2) is 0 Å². The zero-order valence-electron chi connectivity index (χ0n) is 11.5. The number of nitrogens with zero attached hydrogens (tertiary/aromatic N) is 2. The largest absolute Gasteiger partial charge is 0.506 e. The number of hydrogen-bond acceptors (Lipinski definition) is 5. The Labute approximate surface area is 122 Å². The summed E-state index contributed by atoms with van der Waals surface area (Å²) in [5, 5.41) is 17.6. The number of aryl methyl sites for hydroxylation is 2. The second-order valence-electron chi connectivity index (χ2n) is 4.59. The summed E-state index contributed by atoms with van der Waals surface area (Å²) in [6.45, 7) is 3.78. The van der Waals surface area contributed by atoms with Gasteiger partial charge in [0.15, 0.2) is 0 Å². The van der Waals surface area contributed by atoms with Gasteiger partial charge in [-0.2, -0.15) is 13.5 Å².